The van der Waals surface area contributed by atoms with Crippen molar-refractivity contribution in [3.05, 3.63) is 59.2 Å². The Morgan fingerprint density at radius 3 is 2.44 bits per heavy atom. The Hall–Kier alpha value is -3.20. The molecule has 1 aliphatic rings. The Morgan fingerprint density at radius 2 is 1.78 bits per heavy atom. The topological polar surface area (TPSA) is 90.2 Å². The molecule has 0 aliphatic carbocycles. The van der Waals surface area contributed by atoms with Crippen LogP contribution in [0.25, 0.3) is 5.69 Å². The molecular formula is C18H15N5O3S. The lowest BCUT2D eigenvalue weighted by atomic mass is 10.1. The van der Waals surface area contributed by atoms with Gasteiger partial charge in [-0.15, -0.1) is 5.10 Å². The number of rotatable bonds is 5. The number of aryl methyl sites for hydroxylation is 1. The molecular weight excluding hydrogens is 366 g/mol. The van der Waals surface area contributed by atoms with Crippen LogP contribution in [0.4, 0.5) is 0 Å². The van der Waals surface area contributed by atoms with Gasteiger partial charge in [0.25, 0.3) is 11.8 Å². The van der Waals surface area contributed by atoms with Gasteiger partial charge in [-0.25, -0.2) is 0 Å². The number of thioether (sulfide) groups is 1. The van der Waals surface area contributed by atoms with E-state index < -0.39 is 0 Å². The monoisotopic (exact) mass is 381 g/mol. The number of hydrogen-bond acceptors (Lipinski definition) is 7. The second-order valence-corrected chi connectivity index (χ2v) is 6.82. The fourth-order valence-electron chi connectivity index (χ4n) is 2.86. The third kappa shape index (κ3) is 2.95. The zero-order chi connectivity index (χ0) is 19.0. The van der Waals surface area contributed by atoms with Crippen LogP contribution in [0.5, 0.6) is 5.75 Å². The highest BCUT2D eigenvalue weighted by atomic mass is 32.2. The highest BCUT2D eigenvalue weighted by Crippen LogP contribution is 2.29. The summed E-state index contributed by atoms with van der Waals surface area (Å²) in [5.41, 5.74) is 2.55. The van der Waals surface area contributed by atoms with E-state index in [1.807, 2.05) is 25.1 Å². The Morgan fingerprint density at radius 1 is 1.07 bits per heavy atom. The van der Waals surface area contributed by atoms with Gasteiger partial charge in [-0.05, 0) is 47.2 Å². The molecule has 1 aromatic heterocycles. The van der Waals surface area contributed by atoms with Gasteiger partial charge in [0.05, 0.1) is 24.1 Å². The molecule has 4 rings (SSSR count). The number of tetrazole rings is 1. The Balaban J connectivity index is 1.58. The maximum Gasteiger partial charge on any atom is 0.262 e. The van der Waals surface area contributed by atoms with Crippen molar-refractivity contribution < 1.29 is 14.3 Å². The minimum absolute atomic E-state index is 0.112. The van der Waals surface area contributed by atoms with Crippen molar-refractivity contribution >= 4 is 23.6 Å². The number of carbonyl (C=O) groups is 2. The van der Waals surface area contributed by atoms with Crippen LogP contribution in [0.2, 0.25) is 0 Å². The first kappa shape index (κ1) is 17.2. The first-order chi connectivity index (χ1) is 13.1. The van der Waals surface area contributed by atoms with Gasteiger partial charge < -0.3 is 4.74 Å². The number of amides is 2. The number of hydrogen-bond donors (Lipinski definition) is 0. The van der Waals surface area contributed by atoms with E-state index in [4.69, 9.17) is 4.74 Å². The zero-order valence-electron chi connectivity index (χ0n) is 14.6. The standard InChI is InChI=1S/C18H15N5O3S/c1-11-7-8-15(26-2)14(9-11)23-18(19-20-21-23)27-10-22-16(24)12-5-3-4-6-13(12)17(22)25/h3-9H,10H2,1-2H3. The molecule has 0 saturated carbocycles. The molecule has 0 bridgehead atoms. The lowest BCUT2D eigenvalue weighted by Crippen LogP contribution is -2.29. The molecule has 0 atom stereocenters. The van der Waals surface area contributed by atoms with Crippen LogP contribution >= 0.6 is 11.8 Å². The number of benzene rings is 2. The summed E-state index contributed by atoms with van der Waals surface area (Å²) >= 11 is 1.20. The largest absolute Gasteiger partial charge is 0.494 e. The molecule has 2 aromatic carbocycles. The van der Waals surface area contributed by atoms with Crippen LogP contribution in [-0.2, 0) is 0 Å². The minimum atomic E-state index is -0.310. The second kappa shape index (κ2) is 6.84. The SMILES string of the molecule is COc1ccc(C)cc1-n1nnnc1SCN1C(=O)c2ccccc2C1=O. The molecule has 0 N–H and O–H groups in total. The molecule has 0 spiro atoms. The minimum Gasteiger partial charge on any atom is -0.494 e. The second-order valence-electron chi connectivity index (χ2n) is 5.91. The maximum atomic E-state index is 12.5. The number of carbonyl (C=O) groups excluding carboxylic acids is 2. The van der Waals surface area contributed by atoms with Crippen LogP contribution in [0.3, 0.4) is 0 Å². The van der Waals surface area contributed by atoms with Gasteiger partial charge in [0.2, 0.25) is 5.16 Å². The molecule has 2 amide bonds. The molecule has 9 heteroatoms. The Labute approximate surface area is 159 Å². The van der Waals surface area contributed by atoms with Gasteiger partial charge in [0.1, 0.15) is 11.4 Å². The van der Waals surface area contributed by atoms with Gasteiger partial charge in [0, 0.05) is 0 Å². The molecule has 0 radical (unpaired) electrons. The molecule has 27 heavy (non-hydrogen) atoms. The summed E-state index contributed by atoms with van der Waals surface area (Å²) in [7, 11) is 1.57. The number of nitrogens with zero attached hydrogens (tertiary/aromatic N) is 5. The van der Waals surface area contributed by atoms with E-state index in [0.717, 1.165) is 5.56 Å². The van der Waals surface area contributed by atoms with Crippen LogP contribution in [0.15, 0.2) is 47.6 Å². The lowest BCUT2D eigenvalue weighted by Gasteiger charge is -2.14. The first-order valence-corrected chi connectivity index (χ1v) is 9.10. The molecule has 0 fully saturated rings. The van der Waals surface area contributed by atoms with Crippen molar-refractivity contribution in [1.82, 2.24) is 25.1 Å². The third-order valence-electron chi connectivity index (χ3n) is 4.20. The van der Waals surface area contributed by atoms with Gasteiger partial charge in [0.15, 0.2) is 0 Å². The molecule has 1 aliphatic heterocycles. The van der Waals surface area contributed by atoms with Crippen molar-refractivity contribution in [3.63, 3.8) is 0 Å². The quantitative estimate of drug-likeness (QED) is 0.495. The molecule has 2 heterocycles. The normalized spacial score (nSPS) is 13.2. The summed E-state index contributed by atoms with van der Waals surface area (Å²) in [5.74, 6) is 0.113. The number of aromatic nitrogens is 4. The Bertz CT molecular complexity index is 1010. The summed E-state index contributed by atoms with van der Waals surface area (Å²) in [5, 5.41) is 12.2. The molecule has 8 nitrogen and oxygen atoms in total. The van der Waals surface area contributed by atoms with E-state index in [9.17, 15) is 9.59 Å². The fraction of sp³-hybridized carbons (Fsp3) is 0.167. The predicted octanol–water partition coefficient (Wildman–Crippen LogP) is 2.33. The maximum absolute atomic E-state index is 12.5. The summed E-state index contributed by atoms with van der Waals surface area (Å²) in [6, 6.07) is 12.5. The number of ether oxygens (including phenoxy) is 1. The fourth-order valence-corrected chi connectivity index (χ4v) is 3.69. The van der Waals surface area contributed by atoms with Crippen LogP contribution in [0.1, 0.15) is 26.3 Å². The van der Waals surface area contributed by atoms with Crippen LogP contribution in [-0.4, -0.2) is 49.9 Å². The smallest absolute Gasteiger partial charge is 0.262 e. The van der Waals surface area contributed by atoms with Crippen molar-refractivity contribution in [2.75, 3.05) is 13.0 Å². The van der Waals surface area contributed by atoms with E-state index in [2.05, 4.69) is 15.5 Å². The van der Waals surface area contributed by atoms with E-state index in [-0.39, 0.29) is 17.7 Å². The van der Waals surface area contributed by atoms with Gasteiger partial charge >= 0.3 is 0 Å². The van der Waals surface area contributed by atoms with Crippen molar-refractivity contribution in [2.45, 2.75) is 12.1 Å². The summed E-state index contributed by atoms with van der Waals surface area (Å²) in [6.07, 6.45) is 0. The van der Waals surface area contributed by atoms with E-state index in [1.165, 1.54) is 21.3 Å². The van der Waals surface area contributed by atoms with Crippen LogP contribution in [0, 0.1) is 6.92 Å². The third-order valence-corrected chi connectivity index (χ3v) is 5.10. The highest BCUT2D eigenvalue weighted by molar-refractivity contribution is 7.99. The summed E-state index contributed by atoms with van der Waals surface area (Å²) in [4.78, 5) is 26.2. The van der Waals surface area contributed by atoms with E-state index in [1.54, 1.807) is 31.4 Å². The highest BCUT2D eigenvalue weighted by Gasteiger charge is 2.35. The molecule has 136 valence electrons. The number of fused-ring (bicyclic) bond motifs is 1. The van der Waals surface area contributed by atoms with Crippen molar-refractivity contribution in [2.24, 2.45) is 0 Å². The van der Waals surface area contributed by atoms with Gasteiger partial charge in [-0.1, -0.05) is 30.0 Å². The summed E-state index contributed by atoms with van der Waals surface area (Å²) < 4.78 is 6.93. The predicted molar refractivity (Wildman–Crippen MR) is 98.1 cm³/mol. The van der Waals surface area contributed by atoms with Crippen molar-refractivity contribution in [1.29, 1.82) is 0 Å². The van der Waals surface area contributed by atoms with Crippen molar-refractivity contribution in [3.8, 4) is 11.4 Å². The van der Waals surface area contributed by atoms with E-state index in [0.29, 0.717) is 27.7 Å². The average Bonchev–Trinajstić information content (AvgIpc) is 3.24. The number of methoxy groups -OCH3 is 1. The van der Waals surface area contributed by atoms with Gasteiger partial charge in [-0.2, -0.15) is 4.68 Å². The Kier molecular flexibility index (Phi) is 4.36. The lowest BCUT2D eigenvalue weighted by molar-refractivity contribution is 0.0684. The average molecular weight is 381 g/mol. The number of imide groups is 1. The molecule has 0 unspecified atom stereocenters. The van der Waals surface area contributed by atoms with E-state index >= 15 is 0 Å². The zero-order valence-corrected chi connectivity index (χ0v) is 15.4. The molecule has 3 aromatic rings. The van der Waals surface area contributed by atoms with Crippen LogP contribution < -0.4 is 4.74 Å². The summed E-state index contributed by atoms with van der Waals surface area (Å²) in [6.45, 7) is 1.96. The van der Waals surface area contributed by atoms with Gasteiger partial charge in [-0.3, -0.25) is 14.5 Å². The first-order valence-electron chi connectivity index (χ1n) is 8.11. The molecule has 0 saturated heterocycles.